The van der Waals surface area contributed by atoms with Crippen LogP contribution in [-0.4, -0.2) is 47.1 Å². The number of nitrogens with zero attached hydrogens (tertiary/aromatic N) is 1. The van der Waals surface area contributed by atoms with Gasteiger partial charge in [0.2, 0.25) is 5.91 Å². The zero-order chi connectivity index (χ0) is 25.6. The van der Waals surface area contributed by atoms with Crippen LogP contribution in [0.25, 0.3) is 0 Å². The van der Waals surface area contributed by atoms with Gasteiger partial charge in [-0.25, -0.2) is 18.4 Å². The van der Waals surface area contributed by atoms with Gasteiger partial charge in [0.05, 0.1) is 0 Å². The number of likely N-dealkylation sites (tertiary alicyclic amines) is 1. The molecule has 1 fully saturated rings. The van der Waals surface area contributed by atoms with E-state index < -0.39 is 47.3 Å². The van der Waals surface area contributed by atoms with Crippen LogP contribution < -0.4 is 5.32 Å². The van der Waals surface area contributed by atoms with Crippen LogP contribution in [0.5, 0.6) is 0 Å². The SMILES string of the molecule is CC(C)(C)OC(=O)NC(Cc1ccc(F)c(F)c1)C(=O)N1CCC[C@@H]1C(=O)OCc1ccccc1. The quantitative estimate of drug-likeness (QED) is 0.593. The van der Waals surface area contributed by atoms with E-state index in [-0.39, 0.29) is 13.0 Å². The molecule has 7 nitrogen and oxygen atoms in total. The predicted octanol–water partition coefficient (Wildman–Crippen LogP) is 4.14. The van der Waals surface area contributed by atoms with E-state index in [9.17, 15) is 23.2 Å². The van der Waals surface area contributed by atoms with Gasteiger partial charge in [-0.2, -0.15) is 0 Å². The molecule has 35 heavy (non-hydrogen) atoms. The summed E-state index contributed by atoms with van der Waals surface area (Å²) < 4.78 is 37.9. The molecule has 1 unspecified atom stereocenters. The summed E-state index contributed by atoms with van der Waals surface area (Å²) in [6.45, 7) is 5.41. The predicted molar refractivity (Wildman–Crippen MR) is 124 cm³/mol. The van der Waals surface area contributed by atoms with Gasteiger partial charge >= 0.3 is 12.1 Å². The molecule has 2 atom stereocenters. The number of ether oxygens (including phenoxy) is 2. The van der Waals surface area contributed by atoms with Crippen LogP contribution in [-0.2, 0) is 32.1 Å². The van der Waals surface area contributed by atoms with E-state index in [1.54, 1.807) is 20.8 Å². The van der Waals surface area contributed by atoms with E-state index in [0.29, 0.717) is 24.9 Å². The lowest BCUT2D eigenvalue weighted by Crippen LogP contribution is -2.53. The Morgan fingerprint density at radius 2 is 1.77 bits per heavy atom. The van der Waals surface area contributed by atoms with Crippen molar-refractivity contribution in [3.8, 4) is 0 Å². The van der Waals surface area contributed by atoms with E-state index >= 15 is 0 Å². The van der Waals surface area contributed by atoms with Gasteiger partial charge in [-0.05, 0) is 56.9 Å². The average Bonchev–Trinajstić information content (AvgIpc) is 3.28. The lowest BCUT2D eigenvalue weighted by atomic mass is 10.0. The molecule has 0 spiro atoms. The van der Waals surface area contributed by atoms with Crippen molar-refractivity contribution in [3.63, 3.8) is 0 Å². The third kappa shape index (κ3) is 7.50. The van der Waals surface area contributed by atoms with Crippen molar-refractivity contribution in [1.82, 2.24) is 10.2 Å². The minimum atomic E-state index is -1.16. The molecular weight excluding hydrogens is 458 g/mol. The molecule has 188 valence electrons. The van der Waals surface area contributed by atoms with Gasteiger partial charge in [-0.3, -0.25) is 4.79 Å². The van der Waals surface area contributed by atoms with Gasteiger partial charge in [0, 0.05) is 13.0 Å². The van der Waals surface area contributed by atoms with Gasteiger partial charge in [-0.1, -0.05) is 36.4 Å². The topological polar surface area (TPSA) is 84.9 Å². The standard InChI is InChI=1S/C26H30F2N2O5/c1-26(2,3)35-25(33)29-21(15-18-11-12-19(27)20(28)14-18)23(31)30-13-7-10-22(30)24(32)34-16-17-8-5-4-6-9-17/h4-6,8-9,11-12,14,21-22H,7,10,13,15-16H2,1-3H3,(H,29,33)/t21?,22-/m1/s1. The van der Waals surface area contributed by atoms with E-state index in [1.165, 1.54) is 11.0 Å². The highest BCUT2D eigenvalue weighted by molar-refractivity contribution is 5.90. The third-order valence-corrected chi connectivity index (χ3v) is 5.44. The van der Waals surface area contributed by atoms with Crippen LogP contribution in [0.4, 0.5) is 13.6 Å². The molecule has 0 aromatic heterocycles. The minimum absolute atomic E-state index is 0.0760. The second-order valence-corrected chi connectivity index (χ2v) is 9.43. The lowest BCUT2D eigenvalue weighted by Gasteiger charge is -2.29. The summed E-state index contributed by atoms with van der Waals surface area (Å²) >= 11 is 0. The smallest absolute Gasteiger partial charge is 0.408 e. The largest absolute Gasteiger partial charge is 0.459 e. The zero-order valence-corrected chi connectivity index (χ0v) is 20.1. The first-order valence-electron chi connectivity index (χ1n) is 11.5. The number of amides is 2. The maximum atomic E-state index is 13.8. The van der Waals surface area contributed by atoms with Crippen LogP contribution in [0.1, 0.15) is 44.7 Å². The second-order valence-electron chi connectivity index (χ2n) is 9.43. The normalized spacial score (nSPS) is 16.5. The molecule has 1 N–H and O–H groups in total. The van der Waals surface area contributed by atoms with Crippen molar-refractivity contribution in [2.45, 2.75) is 64.3 Å². The summed E-state index contributed by atoms with van der Waals surface area (Å²) in [7, 11) is 0. The molecule has 2 aromatic carbocycles. The molecule has 0 bridgehead atoms. The van der Waals surface area contributed by atoms with Crippen molar-refractivity contribution in [3.05, 3.63) is 71.3 Å². The van der Waals surface area contributed by atoms with E-state index in [1.807, 2.05) is 30.3 Å². The molecule has 0 aliphatic carbocycles. The highest BCUT2D eigenvalue weighted by Crippen LogP contribution is 2.22. The minimum Gasteiger partial charge on any atom is -0.459 e. The lowest BCUT2D eigenvalue weighted by molar-refractivity contribution is -0.155. The Morgan fingerprint density at radius 1 is 1.06 bits per heavy atom. The van der Waals surface area contributed by atoms with Crippen LogP contribution in [0.15, 0.2) is 48.5 Å². The molecule has 0 radical (unpaired) electrons. The molecular formula is C26H30F2N2O5. The summed E-state index contributed by atoms with van der Waals surface area (Å²) in [5, 5.41) is 2.53. The molecule has 2 amide bonds. The Balaban J connectivity index is 1.75. The second kappa shape index (κ2) is 11.3. The first-order chi connectivity index (χ1) is 16.5. The Hall–Kier alpha value is -3.49. The Labute approximate surface area is 203 Å². The molecule has 2 aromatic rings. The average molecular weight is 489 g/mol. The number of hydrogen-bond acceptors (Lipinski definition) is 5. The van der Waals surface area contributed by atoms with Crippen molar-refractivity contribution in [2.24, 2.45) is 0 Å². The van der Waals surface area contributed by atoms with Crippen molar-refractivity contribution in [2.75, 3.05) is 6.54 Å². The van der Waals surface area contributed by atoms with Gasteiger partial charge in [0.25, 0.3) is 0 Å². The fourth-order valence-electron chi connectivity index (χ4n) is 3.85. The molecule has 9 heteroatoms. The van der Waals surface area contributed by atoms with Crippen molar-refractivity contribution < 1.29 is 32.6 Å². The van der Waals surface area contributed by atoms with E-state index in [2.05, 4.69) is 5.32 Å². The Bertz CT molecular complexity index is 1060. The zero-order valence-electron chi connectivity index (χ0n) is 20.1. The molecule has 0 saturated carbocycles. The maximum Gasteiger partial charge on any atom is 0.408 e. The number of carbonyl (C=O) groups excluding carboxylic acids is 3. The molecule has 1 aliphatic rings. The molecule has 1 saturated heterocycles. The highest BCUT2D eigenvalue weighted by atomic mass is 19.2. The summed E-state index contributed by atoms with van der Waals surface area (Å²) in [5.74, 6) is -3.14. The summed E-state index contributed by atoms with van der Waals surface area (Å²) in [6, 6.07) is 10.5. The fourth-order valence-corrected chi connectivity index (χ4v) is 3.85. The number of alkyl carbamates (subject to hydrolysis) is 1. The number of carbonyl (C=O) groups is 3. The number of nitrogens with one attached hydrogen (secondary N) is 1. The fraction of sp³-hybridized carbons (Fsp3) is 0.423. The van der Waals surface area contributed by atoms with Crippen molar-refractivity contribution >= 4 is 18.0 Å². The Morgan fingerprint density at radius 3 is 2.43 bits per heavy atom. The number of hydrogen-bond donors (Lipinski definition) is 1. The number of halogens is 2. The number of benzene rings is 2. The first kappa shape index (κ1) is 26.1. The van der Waals surface area contributed by atoms with Gasteiger partial charge in [0.15, 0.2) is 11.6 Å². The summed E-state index contributed by atoms with van der Waals surface area (Å²) in [6.07, 6.45) is 0.0587. The van der Waals surface area contributed by atoms with Crippen LogP contribution in [0.2, 0.25) is 0 Å². The molecule has 1 aliphatic heterocycles. The Kier molecular flexibility index (Phi) is 8.43. The van der Waals surface area contributed by atoms with E-state index in [0.717, 1.165) is 17.7 Å². The van der Waals surface area contributed by atoms with Crippen molar-refractivity contribution in [1.29, 1.82) is 0 Å². The van der Waals surface area contributed by atoms with Gasteiger partial charge in [0.1, 0.15) is 24.3 Å². The first-order valence-corrected chi connectivity index (χ1v) is 11.5. The van der Waals surface area contributed by atoms with Gasteiger partial charge in [-0.15, -0.1) is 0 Å². The molecule has 1 heterocycles. The van der Waals surface area contributed by atoms with Crippen LogP contribution in [0.3, 0.4) is 0 Å². The molecule has 3 rings (SSSR count). The van der Waals surface area contributed by atoms with Crippen LogP contribution >= 0.6 is 0 Å². The third-order valence-electron chi connectivity index (χ3n) is 5.44. The monoisotopic (exact) mass is 488 g/mol. The highest BCUT2D eigenvalue weighted by Gasteiger charge is 2.39. The van der Waals surface area contributed by atoms with Gasteiger partial charge < -0.3 is 19.7 Å². The summed E-state index contributed by atoms with van der Waals surface area (Å²) in [5.41, 5.74) is 0.317. The number of rotatable bonds is 7. The number of esters is 1. The van der Waals surface area contributed by atoms with E-state index in [4.69, 9.17) is 9.47 Å². The van der Waals surface area contributed by atoms with Crippen LogP contribution in [0, 0.1) is 11.6 Å². The summed E-state index contributed by atoms with van der Waals surface area (Å²) in [4.78, 5) is 40.1. The maximum absolute atomic E-state index is 13.8.